The first-order valence-corrected chi connectivity index (χ1v) is 12.4. The Morgan fingerprint density at radius 2 is 1.15 bits per heavy atom. The van der Waals surface area contributed by atoms with E-state index in [1.807, 2.05) is 23.5 Å². The summed E-state index contributed by atoms with van der Waals surface area (Å²) in [7, 11) is 0. The number of hydrogen-bond acceptors (Lipinski definition) is 7. The molecule has 4 nitrogen and oxygen atoms in total. The van der Waals surface area contributed by atoms with Gasteiger partial charge in [0.25, 0.3) is 0 Å². The van der Waals surface area contributed by atoms with E-state index in [0.29, 0.717) is 11.0 Å². The molecule has 7 heteroatoms. The van der Waals surface area contributed by atoms with Crippen LogP contribution < -0.4 is 21.3 Å². The third kappa shape index (κ3) is 5.99. The van der Waals surface area contributed by atoms with Gasteiger partial charge in [0.2, 0.25) is 0 Å². The smallest absolute Gasteiger partial charge is 0.125 e. The van der Waals surface area contributed by atoms with Crippen LogP contribution in [-0.2, 0) is 0 Å². The maximum absolute atomic E-state index is 3.54. The van der Waals surface area contributed by atoms with Crippen molar-refractivity contribution in [2.45, 2.75) is 33.6 Å². The number of hydrogen-bond donors (Lipinski definition) is 4. The van der Waals surface area contributed by atoms with Crippen LogP contribution in [0.3, 0.4) is 0 Å². The van der Waals surface area contributed by atoms with E-state index in [0.717, 1.165) is 13.1 Å². The third-order valence-corrected chi connectivity index (χ3v) is 7.71. The van der Waals surface area contributed by atoms with Gasteiger partial charge in [-0.3, -0.25) is 10.6 Å². The molecule has 4 N–H and O–H groups in total. The van der Waals surface area contributed by atoms with Crippen LogP contribution in [0.15, 0.2) is 58.3 Å². The SMILES string of the molecule is c1cc(Sc2ccc(NC3NCCCS3)cc2)ccc1NC1NCCCS1. The Hall–Kier alpha value is -0.990. The molecule has 27 heavy (non-hydrogen) atoms. The first kappa shape index (κ1) is 19.3. The van der Waals surface area contributed by atoms with Crippen molar-refractivity contribution in [2.24, 2.45) is 0 Å². The summed E-state index contributed by atoms with van der Waals surface area (Å²) in [5.41, 5.74) is 3.00. The summed E-state index contributed by atoms with van der Waals surface area (Å²) < 4.78 is 0. The van der Waals surface area contributed by atoms with E-state index in [-0.39, 0.29) is 0 Å². The maximum atomic E-state index is 3.54. The van der Waals surface area contributed by atoms with Crippen molar-refractivity contribution >= 4 is 46.7 Å². The van der Waals surface area contributed by atoms with Gasteiger partial charge >= 0.3 is 0 Å². The average Bonchev–Trinajstić information content (AvgIpc) is 2.73. The van der Waals surface area contributed by atoms with Gasteiger partial charge in [0.1, 0.15) is 11.0 Å². The molecule has 0 amide bonds. The zero-order chi connectivity index (χ0) is 18.3. The average molecular weight is 419 g/mol. The molecule has 2 aromatic rings. The van der Waals surface area contributed by atoms with Crippen LogP contribution in [0.2, 0.25) is 0 Å². The Balaban J connectivity index is 1.29. The second-order valence-electron chi connectivity index (χ2n) is 6.56. The zero-order valence-electron chi connectivity index (χ0n) is 15.2. The standard InChI is InChI=1S/C20H26N4S3/c1-11-21-19(25-13-1)23-15-3-7-17(8-4-15)27-18-9-5-16(6-10-18)24-20-22-12-2-14-26-20/h3-10,19-24H,1-2,11-14H2. The summed E-state index contributed by atoms with van der Waals surface area (Å²) in [6, 6.07) is 17.4. The molecule has 2 saturated heterocycles. The minimum Gasteiger partial charge on any atom is -0.361 e. The summed E-state index contributed by atoms with van der Waals surface area (Å²) in [6.07, 6.45) is 2.51. The summed E-state index contributed by atoms with van der Waals surface area (Å²) in [5, 5.41) is 14.1. The molecular formula is C20H26N4S3. The van der Waals surface area contributed by atoms with Crippen LogP contribution >= 0.6 is 35.3 Å². The molecule has 2 atom stereocenters. The highest BCUT2D eigenvalue weighted by molar-refractivity contribution is 8.00. The zero-order valence-corrected chi connectivity index (χ0v) is 17.7. The fourth-order valence-electron chi connectivity index (χ4n) is 2.99. The second-order valence-corrected chi connectivity index (χ2v) is 10.1. The predicted molar refractivity (Wildman–Crippen MR) is 122 cm³/mol. The van der Waals surface area contributed by atoms with E-state index in [2.05, 4.69) is 69.8 Å². The predicted octanol–water partition coefficient (Wildman–Crippen LogP) is 4.68. The van der Waals surface area contributed by atoms with Crippen LogP contribution in [0, 0.1) is 0 Å². The normalized spacial score (nSPS) is 23.0. The van der Waals surface area contributed by atoms with E-state index in [4.69, 9.17) is 0 Å². The molecule has 0 saturated carbocycles. The van der Waals surface area contributed by atoms with Crippen LogP contribution in [0.4, 0.5) is 11.4 Å². The fraction of sp³-hybridized carbons (Fsp3) is 0.400. The molecule has 0 aliphatic carbocycles. The molecule has 2 fully saturated rings. The van der Waals surface area contributed by atoms with E-state index in [1.54, 1.807) is 11.8 Å². The van der Waals surface area contributed by atoms with Gasteiger partial charge in [0, 0.05) is 21.2 Å². The van der Waals surface area contributed by atoms with Gasteiger partial charge < -0.3 is 10.6 Å². The van der Waals surface area contributed by atoms with Gasteiger partial charge in [0.05, 0.1) is 0 Å². The van der Waals surface area contributed by atoms with E-state index < -0.39 is 0 Å². The maximum Gasteiger partial charge on any atom is 0.125 e. The van der Waals surface area contributed by atoms with Crippen molar-refractivity contribution in [2.75, 3.05) is 35.2 Å². The van der Waals surface area contributed by atoms with Crippen LogP contribution in [-0.4, -0.2) is 35.6 Å². The van der Waals surface area contributed by atoms with Crippen molar-refractivity contribution in [1.82, 2.24) is 10.6 Å². The lowest BCUT2D eigenvalue weighted by molar-refractivity contribution is 0.660. The Morgan fingerprint density at radius 1 is 0.704 bits per heavy atom. The number of benzene rings is 2. The Bertz CT molecular complexity index is 635. The molecule has 2 aliphatic heterocycles. The topological polar surface area (TPSA) is 48.1 Å². The second kappa shape index (κ2) is 9.98. The van der Waals surface area contributed by atoms with Gasteiger partial charge in [-0.2, -0.15) is 0 Å². The largest absolute Gasteiger partial charge is 0.361 e. The summed E-state index contributed by atoms with van der Waals surface area (Å²) >= 11 is 5.68. The lowest BCUT2D eigenvalue weighted by Crippen LogP contribution is -2.37. The van der Waals surface area contributed by atoms with E-state index >= 15 is 0 Å². The van der Waals surface area contributed by atoms with Gasteiger partial charge in [-0.25, -0.2) is 0 Å². The van der Waals surface area contributed by atoms with Crippen LogP contribution in [0.1, 0.15) is 12.8 Å². The first-order chi connectivity index (χ1) is 13.3. The molecule has 144 valence electrons. The van der Waals surface area contributed by atoms with Gasteiger partial charge in [-0.1, -0.05) is 11.8 Å². The molecule has 4 rings (SSSR count). The Morgan fingerprint density at radius 3 is 1.52 bits per heavy atom. The van der Waals surface area contributed by atoms with Gasteiger partial charge in [0.15, 0.2) is 0 Å². The Labute approximate surface area is 174 Å². The molecule has 0 radical (unpaired) electrons. The van der Waals surface area contributed by atoms with Crippen molar-refractivity contribution in [3.05, 3.63) is 48.5 Å². The molecule has 2 heterocycles. The summed E-state index contributed by atoms with van der Waals surface area (Å²) in [6.45, 7) is 2.19. The molecule has 2 aliphatic rings. The molecular weight excluding hydrogens is 392 g/mol. The quantitative estimate of drug-likeness (QED) is 0.543. The first-order valence-electron chi connectivity index (χ1n) is 9.46. The highest BCUT2D eigenvalue weighted by Crippen LogP contribution is 2.30. The number of thioether (sulfide) groups is 2. The highest BCUT2D eigenvalue weighted by atomic mass is 32.2. The lowest BCUT2D eigenvalue weighted by atomic mass is 10.3. The van der Waals surface area contributed by atoms with E-state index in [9.17, 15) is 0 Å². The van der Waals surface area contributed by atoms with Crippen molar-refractivity contribution < 1.29 is 0 Å². The third-order valence-electron chi connectivity index (χ3n) is 4.41. The lowest BCUT2D eigenvalue weighted by Gasteiger charge is -2.25. The van der Waals surface area contributed by atoms with Gasteiger partial charge in [-0.15, -0.1) is 23.5 Å². The fourth-order valence-corrected chi connectivity index (χ4v) is 5.81. The van der Waals surface area contributed by atoms with Crippen LogP contribution in [0.5, 0.6) is 0 Å². The minimum absolute atomic E-state index is 0.328. The molecule has 0 aromatic heterocycles. The molecule has 0 spiro atoms. The van der Waals surface area contributed by atoms with Crippen molar-refractivity contribution in [3.63, 3.8) is 0 Å². The number of nitrogens with one attached hydrogen (secondary N) is 4. The summed E-state index contributed by atoms with van der Waals surface area (Å²) in [4.78, 5) is 2.52. The van der Waals surface area contributed by atoms with Gasteiger partial charge in [-0.05, 0) is 86.0 Å². The number of anilines is 2. The monoisotopic (exact) mass is 418 g/mol. The van der Waals surface area contributed by atoms with Crippen LogP contribution in [0.25, 0.3) is 0 Å². The van der Waals surface area contributed by atoms with Crippen molar-refractivity contribution in [3.8, 4) is 0 Å². The highest BCUT2D eigenvalue weighted by Gasteiger charge is 2.13. The Kier molecular flexibility index (Phi) is 7.15. The molecule has 2 unspecified atom stereocenters. The van der Waals surface area contributed by atoms with E-state index in [1.165, 1.54) is 45.5 Å². The van der Waals surface area contributed by atoms with Crippen molar-refractivity contribution in [1.29, 1.82) is 0 Å². The molecule has 2 aromatic carbocycles. The minimum atomic E-state index is 0.328. The number of rotatable bonds is 6. The molecule has 0 bridgehead atoms. The summed E-state index contributed by atoms with van der Waals surface area (Å²) in [5.74, 6) is 2.44.